The summed E-state index contributed by atoms with van der Waals surface area (Å²) < 4.78 is 1.13. The van der Waals surface area contributed by atoms with Gasteiger partial charge in [0.2, 0.25) is 5.91 Å². The van der Waals surface area contributed by atoms with Crippen LogP contribution >= 0.6 is 27.7 Å². The summed E-state index contributed by atoms with van der Waals surface area (Å²) in [5.74, 6) is 0.772. The van der Waals surface area contributed by atoms with Crippen LogP contribution in [0.5, 0.6) is 0 Å². The number of amides is 1. The van der Waals surface area contributed by atoms with Crippen LogP contribution in [0.4, 0.5) is 0 Å². The molecule has 1 heterocycles. The number of nitrogens with one attached hydrogen (secondary N) is 1. The maximum atomic E-state index is 12.1. The Morgan fingerprint density at radius 1 is 1.32 bits per heavy atom. The predicted molar refractivity (Wildman–Crippen MR) is 83.8 cm³/mol. The number of halogens is 1. The van der Waals surface area contributed by atoms with E-state index < -0.39 is 0 Å². The molecule has 0 aliphatic carbocycles. The molecule has 0 saturated carbocycles. The molecular formula is C14H19BrN2OS. The number of hydrogen-bond donors (Lipinski definition) is 1. The minimum absolute atomic E-state index is 0.242. The number of hydrogen-bond acceptors (Lipinski definition) is 3. The molecule has 1 fully saturated rings. The first kappa shape index (κ1) is 14.9. The van der Waals surface area contributed by atoms with Crippen LogP contribution < -0.4 is 5.32 Å². The minimum Gasteiger partial charge on any atom is -0.339 e. The van der Waals surface area contributed by atoms with Crippen LogP contribution in [-0.2, 0) is 4.79 Å². The molecule has 1 aromatic rings. The summed E-state index contributed by atoms with van der Waals surface area (Å²) in [5, 5.41) is 3.26. The van der Waals surface area contributed by atoms with Crippen molar-refractivity contribution in [1.29, 1.82) is 0 Å². The van der Waals surface area contributed by atoms with E-state index in [0.29, 0.717) is 5.75 Å². The standard InChI is InChI=1S/C14H19BrN2OS/c1-10-8-13(11(2)7-12(10)15)19-9-14(18)17-5-3-16-4-6-17/h7-8,16H,3-6,9H2,1-2H3. The summed E-state index contributed by atoms with van der Waals surface area (Å²) in [6, 6.07) is 4.27. The number of benzene rings is 1. The first-order valence-corrected chi connectivity index (χ1v) is 8.24. The number of rotatable bonds is 3. The molecule has 0 unspecified atom stereocenters. The Labute approximate surface area is 127 Å². The SMILES string of the molecule is Cc1cc(SCC(=O)N2CCNCC2)c(C)cc1Br. The van der Waals surface area contributed by atoms with Gasteiger partial charge in [-0.25, -0.2) is 0 Å². The lowest BCUT2D eigenvalue weighted by atomic mass is 10.2. The van der Waals surface area contributed by atoms with E-state index in [2.05, 4.69) is 47.2 Å². The molecule has 19 heavy (non-hydrogen) atoms. The summed E-state index contributed by atoms with van der Waals surface area (Å²) in [5.41, 5.74) is 2.43. The van der Waals surface area contributed by atoms with E-state index in [1.165, 1.54) is 16.0 Å². The fourth-order valence-corrected chi connectivity index (χ4v) is 3.52. The van der Waals surface area contributed by atoms with Crippen LogP contribution in [0.15, 0.2) is 21.5 Å². The molecule has 0 atom stereocenters. The number of aryl methyl sites for hydroxylation is 2. The Morgan fingerprint density at radius 2 is 2.00 bits per heavy atom. The molecule has 5 heteroatoms. The quantitative estimate of drug-likeness (QED) is 0.857. The molecule has 1 amide bonds. The Balaban J connectivity index is 1.94. The van der Waals surface area contributed by atoms with Gasteiger partial charge in [0.25, 0.3) is 0 Å². The van der Waals surface area contributed by atoms with Gasteiger partial charge in [-0.1, -0.05) is 15.9 Å². The molecule has 3 nitrogen and oxygen atoms in total. The van der Waals surface area contributed by atoms with Crippen molar-refractivity contribution in [2.24, 2.45) is 0 Å². The Bertz CT molecular complexity index is 473. The smallest absolute Gasteiger partial charge is 0.233 e. The van der Waals surface area contributed by atoms with Crippen LogP contribution in [-0.4, -0.2) is 42.7 Å². The van der Waals surface area contributed by atoms with Gasteiger partial charge in [-0.3, -0.25) is 4.79 Å². The highest BCUT2D eigenvalue weighted by atomic mass is 79.9. The summed E-state index contributed by atoms with van der Waals surface area (Å²) in [6.45, 7) is 7.64. The zero-order valence-corrected chi connectivity index (χ0v) is 13.7. The molecule has 1 aromatic carbocycles. The maximum absolute atomic E-state index is 12.1. The molecular weight excluding hydrogens is 324 g/mol. The molecule has 104 valence electrons. The number of carbonyl (C=O) groups excluding carboxylic acids is 1. The van der Waals surface area contributed by atoms with Crippen LogP contribution in [0.1, 0.15) is 11.1 Å². The fourth-order valence-electron chi connectivity index (χ4n) is 2.05. The van der Waals surface area contributed by atoms with E-state index in [1.54, 1.807) is 11.8 Å². The minimum atomic E-state index is 0.242. The van der Waals surface area contributed by atoms with Gasteiger partial charge in [-0.15, -0.1) is 11.8 Å². The van der Waals surface area contributed by atoms with Crippen molar-refractivity contribution >= 4 is 33.6 Å². The number of nitrogens with zero attached hydrogens (tertiary/aromatic N) is 1. The zero-order chi connectivity index (χ0) is 13.8. The fraction of sp³-hybridized carbons (Fsp3) is 0.500. The van der Waals surface area contributed by atoms with Crippen LogP contribution in [0.25, 0.3) is 0 Å². The Kier molecular flexibility index (Phi) is 5.30. The second kappa shape index (κ2) is 6.77. The van der Waals surface area contributed by atoms with Crippen LogP contribution in [0.2, 0.25) is 0 Å². The highest BCUT2D eigenvalue weighted by Crippen LogP contribution is 2.28. The monoisotopic (exact) mass is 342 g/mol. The Morgan fingerprint density at radius 3 is 2.68 bits per heavy atom. The van der Waals surface area contributed by atoms with E-state index >= 15 is 0 Å². The highest BCUT2D eigenvalue weighted by Gasteiger charge is 2.16. The predicted octanol–water partition coefficient (Wildman–Crippen LogP) is 2.59. The van der Waals surface area contributed by atoms with Gasteiger partial charge in [0.1, 0.15) is 0 Å². The average Bonchev–Trinajstić information content (AvgIpc) is 2.42. The number of piperazine rings is 1. The number of carbonyl (C=O) groups is 1. The van der Waals surface area contributed by atoms with Crippen molar-refractivity contribution in [3.05, 3.63) is 27.7 Å². The second-order valence-electron chi connectivity index (χ2n) is 4.79. The van der Waals surface area contributed by atoms with E-state index in [4.69, 9.17) is 0 Å². The third-order valence-electron chi connectivity index (χ3n) is 3.28. The van der Waals surface area contributed by atoms with E-state index in [0.717, 1.165) is 30.7 Å². The van der Waals surface area contributed by atoms with Crippen molar-refractivity contribution in [3.63, 3.8) is 0 Å². The van der Waals surface area contributed by atoms with Crippen molar-refractivity contribution in [1.82, 2.24) is 10.2 Å². The van der Waals surface area contributed by atoms with Crippen LogP contribution in [0, 0.1) is 13.8 Å². The van der Waals surface area contributed by atoms with Crippen molar-refractivity contribution in [3.8, 4) is 0 Å². The van der Waals surface area contributed by atoms with E-state index in [1.807, 2.05) is 4.90 Å². The summed E-state index contributed by atoms with van der Waals surface area (Å²) >= 11 is 5.17. The van der Waals surface area contributed by atoms with Gasteiger partial charge in [0, 0.05) is 35.5 Å². The molecule has 1 N–H and O–H groups in total. The lowest BCUT2D eigenvalue weighted by molar-refractivity contribution is -0.128. The zero-order valence-electron chi connectivity index (χ0n) is 11.3. The molecule has 0 radical (unpaired) electrons. The molecule has 1 aliphatic rings. The molecule has 2 rings (SSSR count). The lowest BCUT2D eigenvalue weighted by Crippen LogP contribution is -2.47. The molecule has 0 bridgehead atoms. The van der Waals surface area contributed by atoms with Gasteiger partial charge in [-0.2, -0.15) is 0 Å². The van der Waals surface area contributed by atoms with Crippen LogP contribution in [0.3, 0.4) is 0 Å². The van der Waals surface area contributed by atoms with Gasteiger partial charge < -0.3 is 10.2 Å². The van der Waals surface area contributed by atoms with E-state index in [9.17, 15) is 4.79 Å². The van der Waals surface area contributed by atoms with Gasteiger partial charge >= 0.3 is 0 Å². The second-order valence-corrected chi connectivity index (χ2v) is 6.66. The van der Waals surface area contributed by atoms with Gasteiger partial charge in [0.15, 0.2) is 0 Å². The average molecular weight is 343 g/mol. The third-order valence-corrected chi connectivity index (χ3v) is 5.27. The van der Waals surface area contributed by atoms with Gasteiger partial charge in [0.05, 0.1) is 5.75 Å². The summed E-state index contributed by atoms with van der Waals surface area (Å²) in [4.78, 5) is 15.2. The molecule has 0 spiro atoms. The number of thioether (sulfide) groups is 1. The maximum Gasteiger partial charge on any atom is 0.233 e. The van der Waals surface area contributed by atoms with Crippen molar-refractivity contribution in [2.45, 2.75) is 18.7 Å². The Hall–Kier alpha value is -0.520. The summed E-state index contributed by atoms with van der Waals surface area (Å²) in [7, 11) is 0. The highest BCUT2D eigenvalue weighted by molar-refractivity contribution is 9.10. The first-order valence-electron chi connectivity index (χ1n) is 6.46. The lowest BCUT2D eigenvalue weighted by Gasteiger charge is -2.27. The van der Waals surface area contributed by atoms with Crippen molar-refractivity contribution < 1.29 is 4.79 Å². The van der Waals surface area contributed by atoms with Gasteiger partial charge in [-0.05, 0) is 37.1 Å². The molecule has 1 aliphatic heterocycles. The van der Waals surface area contributed by atoms with E-state index in [-0.39, 0.29) is 5.91 Å². The first-order chi connectivity index (χ1) is 9.08. The third kappa shape index (κ3) is 3.97. The molecule has 0 aromatic heterocycles. The molecule has 1 saturated heterocycles. The normalized spacial score (nSPS) is 15.6. The van der Waals surface area contributed by atoms with Crippen molar-refractivity contribution in [2.75, 3.05) is 31.9 Å². The largest absolute Gasteiger partial charge is 0.339 e. The summed E-state index contributed by atoms with van der Waals surface area (Å²) in [6.07, 6.45) is 0. The topological polar surface area (TPSA) is 32.3 Å².